The van der Waals surface area contributed by atoms with Crippen molar-refractivity contribution in [2.45, 2.75) is 77.2 Å². The lowest BCUT2D eigenvalue weighted by atomic mass is 9.92. The number of anilines is 1. The van der Waals surface area contributed by atoms with Gasteiger partial charge in [-0.1, -0.05) is 58.0 Å². The Balaban J connectivity index is 0.000000374. The summed E-state index contributed by atoms with van der Waals surface area (Å²) in [6.07, 6.45) is 4.44. The van der Waals surface area contributed by atoms with Crippen LogP contribution in [0.1, 0.15) is 81.7 Å². The van der Waals surface area contributed by atoms with E-state index in [2.05, 4.69) is 21.7 Å². The van der Waals surface area contributed by atoms with E-state index in [1.54, 1.807) is 20.0 Å². The second-order valence-electron chi connectivity index (χ2n) is 11.4. The molecule has 2 amide bonds. The van der Waals surface area contributed by atoms with Crippen LogP contribution in [-0.4, -0.2) is 38.7 Å². The molecule has 232 valence electrons. The zero-order valence-electron chi connectivity index (χ0n) is 25.4. The maximum absolute atomic E-state index is 12.8. The average Bonchev–Trinajstić information content (AvgIpc) is 3.77. The lowest BCUT2D eigenvalue weighted by molar-refractivity contribution is -0.136. The zero-order chi connectivity index (χ0) is 31.4. The van der Waals surface area contributed by atoms with E-state index in [9.17, 15) is 14.7 Å². The number of benzene rings is 2. The van der Waals surface area contributed by atoms with E-state index in [-0.39, 0.29) is 23.8 Å². The van der Waals surface area contributed by atoms with Crippen LogP contribution in [0.5, 0.6) is 5.75 Å². The predicted octanol–water partition coefficient (Wildman–Crippen LogP) is 5.07. The normalized spacial score (nSPS) is 19.1. The van der Waals surface area contributed by atoms with E-state index < -0.39 is 17.7 Å². The molecule has 4 bridgehead atoms. The molecule has 2 aromatic carbocycles. The van der Waals surface area contributed by atoms with Gasteiger partial charge in [-0.2, -0.15) is 0 Å². The van der Waals surface area contributed by atoms with Crippen LogP contribution in [0.2, 0.25) is 0 Å². The molecule has 0 saturated carbocycles. The highest BCUT2D eigenvalue weighted by atomic mass is 16.5. The number of ether oxygens (including phenoxy) is 1. The maximum Gasteiger partial charge on any atom is 0.249 e. The van der Waals surface area contributed by atoms with Gasteiger partial charge in [-0.25, -0.2) is 9.97 Å². The van der Waals surface area contributed by atoms with Gasteiger partial charge in [-0.15, -0.1) is 0 Å². The van der Waals surface area contributed by atoms with Crippen LogP contribution in [0.25, 0.3) is 11.6 Å². The van der Waals surface area contributed by atoms with E-state index in [0.717, 1.165) is 22.6 Å². The van der Waals surface area contributed by atoms with Crippen molar-refractivity contribution in [3.8, 4) is 17.3 Å². The van der Waals surface area contributed by atoms with Gasteiger partial charge in [-0.05, 0) is 48.9 Å². The van der Waals surface area contributed by atoms with E-state index in [4.69, 9.17) is 24.3 Å². The van der Waals surface area contributed by atoms with Gasteiger partial charge in [0.25, 0.3) is 0 Å². The average molecular weight is 602 g/mol. The molecular weight excluding hydrogens is 562 g/mol. The summed E-state index contributed by atoms with van der Waals surface area (Å²) in [5.41, 5.74) is 7.11. The summed E-state index contributed by atoms with van der Waals surface area (Å²) in [6.45, 7) is 7.53. The molecule has 0 spiro atoms. The number of nitrogens with one attached hydrogen (secondary N) is 2. The van der Waals surface area contributed by atoms with Crippen LogP contribution >= 0.6 is 0 Å². The summed E-state index contributed by atoms with van der Waals surface area (Å²) >= 11 is 0. The lowest BCUT2D eigenvalue weighted by Crippen LogP contribution is -2.42. The molecule has 2 aliphatic heterocycles. The Morgan fingerprint density at radius 2 is 1.91 bits per heavy atom. The van der Waals surface area contributed by atoms with Crippen molar-refractivity contribution < 1.29 is 28.3 Å². The number of oxazole rings is 2. The summed E-state index contributed by atoms with van der Waals surface area (Å²) in [6, 6.07) is 15.6. The number of carbonyl (C=O) groups excluding carboxylic acids is 2. The Hall–Kier alpha value is -4.64. The molecule has 4 heterocycles. The van der Waals surface area contributed by atoms with Gasteiger partial charge in [0.1, 0.15) is 29.6 Å². The first-order valence-electron chi connectivity index (χ1n) is 15.0. The van der Waals surface area contributed by atoms with Crippen molar-refractivity contribution >= 4 is 17.5 Å². The molecule has 11 heteroatoms. The van der Waals surface area contributed by atoms with Crippen LogP contribution in [0.15, 0.2) is 69.8 Å². The summed E-state index contributed by atoms with van der Waals surface area (Å²) in [7, 11) is 0. The van der Waals surface area contributed by atoms with Crippen LogP contribution in [0.3, 0.4) is 0 Å². The predicted molar refractivity (Wildman–Crippen MR) is 164 cm³/mol. The number of nitrogens with two attached hydrogens (primary N) is 1. The van der Waals surface area contributed by atoms with Crippen molar-refractivity contribution in [1.29, 1.82) is 0 Å². The van der Waals surface area contributed by atoms with Crippen molar-refractivity contribution in [2.24, 2.45) is 11.7 Å². The monoisotopic (exact) mass is 601 g/mol. The van der Waals surface area contributed by atoms with E-state index in [1.165, 1.54) is 6.26 Å². The zero-order valence-corrected chi connectivity index (χ0v) is 25.4. The standard InChI is InChI=1S/C27H26N4O4.C6H13NO2/c1-15(2)22-27-31-23(26-28-12-13-33-26)24(35-27)21-18-14-16(9-11-20(32)30-22)8-10-19(18)34-25(21)29-17-6-4-3-5-7-17;1-3-6(9,4-2)5(7)8/h3-8,10,12-15,21-22,25,29H,9,11H2,1-2H3,(H,30,32);9H,3-4H2,1-2H3,(H2,7,8). The molecular formula is C33H39N5O6. The molecule has 6 rings (SSSR count). The molecule has 0 aliphatic carbocycles. The minimum atomic E-state index is -1.28. The number of aryl methyl sites for hydroxylation is 1. The molecule has 2 aliphatic rings. The number of fused-ring (bicyclic) bond motifs is 4. The van der Waals surface area contributed by atoms with Gasteiger partial charge in [0.15, 0.2) is 17.7 Å². The van der Waals surface area contributed by atoms with Crippen LogP contribution in [-0.2, 0) is 16.0 Å². The highest BCUT2D eigenvalue weighted by Crippen LogP contribution is 2.47. The number of primary amides is 1. The number of rotatable bonds is 7. The van der Waals surface area contributed by atoms with Crippen molar-refractivity contribution in [3.05, 3.63) is 83.8 Å². The Morgan fingerprint density at radius 1 is 1.16 bits per heavy atom. The number of hydrogen-bond donors (Lipinski definition) is 4. The lowest BCUT2D eigenvalue weighted by Gasteiger charge is -2.22. The SMILES string of the molecule is CC(C)C1NC(=O)CCc2ccc3c(c2)C(c2oc1nc2-c1ncco1)C(Nc1ccccc1)O3.CCC(O)(CC)C(N)=O. The van der Waals surface area contributed by atoms with Gasteiger partial charge >= 0.3 is 0 Å². The molecule has 0 fully saturated rings. The maximum atomic E-state index is 12.8. The number of aliphatic hydroxyl groups is 1. The first-order valence-corrected chi connectivity index (χ1v) is 15.0. The van der Waals surface area contributed by atoms with Gasteiger partial charge in [-0.3, -0.25) is 9.59 Å². The fourth-order valence-corrected chi connectivity index (χ4v) is 5.36. The third-order valence-corrected chi connectivity index (χ3v) is 8.15. The quantitative estimate of drug-likeness (QED) is 0.226. The van der Waals surface area contributed by atoms with Gasteiger partial charge in [0.05, 0.1) is 6.20 Å². The van der Waals surface area contributed by atoms with Gasteiger partial charge in [0, 0.05) is 17.7 Å². The summed E-state index contributed by atoms with van der Waals surface area (Å²) in [4.78, 5) is 32.4. The minimum absolute atomic E-state index is 0.0429. The Bertz CT molecular complexity index is 1580. The van der Waals surface area contributed by atoms with E-state index >= 15 is 0 Å². The number of hydrogen-bond acceptors (Lipinski definition) is 9. The third kappa shape index (κ3) is 6.33. The smallest absolute Gasteiger partial charge is 0.249 e. The molecule has 0 saturated heterocycles. The molecule has 0 radical (unpaired) electrons. The topological polar surface area (TPSA) is 166 Å². The number of aromatic nitrogens is 2. The number of para-hydroxylation sites is 1. The molecule has 3 unspecified atom stereocenters. The van der Waals surface area contributed by atoms with Gasteiger partial charge in [0.2, 0.25) is 23.6 Å². The fraction of sp³-hybridized carbons (Fsp3) is 0.394. The first kappa shape index (κ1) is 30.8. The Morgan fingerprint density at radius 3 is 2.52 bits per heavy atom. The summed E-state index contributed by atoms with van der Waals surface area (Å²) < 4.78 is 18.5. The second kappa shape index (κ2) is 12.9. The molecule has 2 aromatic heterocycles. The highest BCUT2D eigenvalue weighted by Gasteiger charge is 2.42. The van der Waals surface area contributed by atoms with Crippen LogP contribution < -0.4 is 21.1 Å². The molecule has 5 N–H and O–H groups in total. The first-order chi connectivity index (χ1) is 21.1. The van der Waals surface area contributed by atoms with E-state index in [0.29, 0.717) is 48.9 Å². The summed E-state index contributed by atoms with van der Waals surface area (Å²) in [5, 5.41) is 15.9. The van der Waals surface area contributed by atoms with Crippen LogP contribution in [0.4, 0.5) is 5.69 Å². The molecule has 4 aromatic rings. The van der Waals surface area contributed by atoms with Crippen molar-refractivity contribution in [1.82, 2.24) is 15.3 Å². The number of carbonyl (C=O) groups is 2. The summed E-state index contributed by atoms with van der Waals surface area (Å²) in [5.74, 6) is 1.24. The van der Waals surface area contributed by atoms with E-state index in [1.807, 2.05) is 56.3 Å². The minimum Gasteiger partial charge on any atom is -0.469 e. The Kier molecular flexibility index (Phi) is 9.05. The van der Waals surface area contributed by atoms with Crippen molar-refractivity contribution in [3.63, 3.8) is 0 Å². The number of amides is 2. The number of nitrogens with zero attached hydrogens (tertiary/aromatic N) is 2. The molecule has 3 atom stereocenters. The van der Waals surface area contributed by atoms with Crippen molar-refractivity contribution in [2.75, 3.05) is 5.32 Å². The fourth-order valence-electron chi connectivity index (χ4n) is 5.36. The van der Waals surface area contributed by atoms with Gasteiger partial charge < -0.3 is 35.0 Å². The highest BCUT2D eigenvalue weighted by molar-refractivity contribution is 5.82. The Labute approximate surface area is 256 Å². The molecule has 44 heavy (non-hydrogen) atoms. The molecule has 11 nitrogen and oxygen atoms in total. The van der Waals surface area contributed by atoms with Crippen LogP contribution in [0, 0.1) is 5.92 Å². The third-order valence-electron chi connectivity index (χ3n) is 8.15. The largest absolute Gasteiger partial charge is 0.469 e. The second-order valence-corrected chi connectivity index (χ2v) is 11.4.